The molecule has 0 aromatic heterocycles. The molecule has 0 radical (unpaired) electrons. The van der Waals surface area contributed by atoms with Gasteiger partial charge in [-0.2, -0.15) is 0 Å². The van der Waals surface area contributed by atoms with Crippen LogP contribution >= 0.6 is 0 Å². The Bertz CT molecular complexity index is 885. The molecule has 2 saturated carbocycles. The lowest BCUT2D eigenvalue weighted by Crippen LogP contribution is -2.76. The summed E-state index contributed by atoms with van der Waals surface area (Å²) in [7, 11) is 1.24. The number of hydrogen-bond acceptors (Lipinski definition) is 9. The van der Waals surface area contributed by atoms with Crippen LogP contribution in [0.3, 0.4) is 0 Å². The van der Waals surface area contributed by atoms with Crippen molar-refractivity contribution < 1.29 is 43.9 Å². The molecule has 5 rings (SSSR count). The number of ether oxygens (including phenoxy) is 4. The van der Waals surface area contributed by atoms with Gasteiger partial charge in [0.05, 0.1) is 25.9 Å². The summed E-state index contributed by atoms with van der Waals surface area (Å²) in [6.45, 7) is 6.04. The minimum Gasteiger partial charge on any atom is -0.504 e. The second kappa shape index (κ2) is 6.99. The second-order valence-corrected chi connectivity index (χ2v) is 10.3. The fraction of sp³-hybridized carbons (Fsp3) is 0.826. The third-order valence-electron chi connectivity index (χ3n) is 9.27. The first-order valence-corrected chi connectivity index (χ1v) is 11.4. The fourth-order valence-electron chi connectivity index (χ4n) is 8.14. The number of esters is 1. The van der Waals surface area contributed by atoms with Crippen LogP contribution in [0.2, 0.25) is 0 Å². The zero-order chi connectivity index (χ0) is 23.2. The number of ketones is 1. The molecule has 0 aromatic rings. The van der Waals surface area contributed by atoms with Gasteiger partial charge in [-0.15, -0.1) is 0 Å². The minimum absolute atomic E-state index is 0.0383. The van der Waals surface area contributed by atoms with Gasteiger partial charge in [0, 0.05) is 36.7 Å². The largest absolute Gasteiger partial charge is 0.504 e. The van der Waals surface area contributed by atoms with Gasteiger partial charge >= 0.3 is 5.97 Å². The Hall–Kier alpha value is -1.52. The molecule has 2 bridgehead atoms. The van der Waals surface area contributed by atoms with Gasteiger partial charge in [-0.05, 0) is 37.2 Å². The zero-order valence-electron chi connectivity index (χ0n) is 18.9. The van der Waals surface area contributed by atoms with E-state index in [0.717, 1.165) is 0 Å². The number of rotatable bonds is 3. The topological polar surface area (TPSA) is 132 Å². The van der Waals surface area contributed by atoms with E-state index in [1.54, 1.807) is 6.92 Å². The van der Waals surface area contributed by atoms with E-state index >= 15 is 0 Å². The summed E-state index contributed by atoms with van der Waals surface area (Å²) in [4.78, 5) is 25.8. The van der Waals surface area contributed by atoms with E-state index < -0.39 is 58.8 Å². The predicted molar refractivity (Wildman–Crippen MR) is 108 cm³/mol. The summed E-state index contributed by atoms with van der Waals surface area (Å²) in [6.07, 6.45) is -3.11. The Labute approximate surface area is 186 Å². The number of carbonyl (C=O) groups excluding carboxylic acids is 2. The predicted octanol–water partition coefficient (Wildman–Crippen LogP) is 0.865. The van der Waals surface area contributed by atoms with Crippen LogP contribution in [-0.2, 0) is 28.5 Å². The average molecular weight is 453 g/mol. The zero-order valence-corrected chi connectivity index (χ0v) is 18.9. The number of carbonyl (C=O) groups is 2. The first-order valence-electron chi connectivity index (χ1n) is 11.4. The number of hydrogen-bond donors (Lipinski definition) is 3. The smallest absolute Gasteiger partial charge is 0.341 e. The third-order valence-corrected chi connectivity index (χ3v) is 9.27. The van der Waals surface area contributed by atoms with Gasteiger partial charge in [0.15, 0.2) is 23.4 Å². The summed E-state index contributed by atoms with van der Waals surface area (Å²) >= 11 is 0. The van der Waals surface area contributed by atoms with E-state index in [-0.39, 0.29) is 30.5 Å². The monoisotopic (exact) mass is 452 g/mol. The van der Waals surface area contributed by atoms with Crippen LogP contribution in [0.25, 0.3) is 0 Å². The molecule has 1 spiro atoms. The molecule has 2 saturated heterocycles. The highest BCUT2D eigenvalue weighted by atomic mass is 16.7. The number of Topliss-reactive ketones (excluding diaryl/α,β-unsaturated/α-hetero) is 1. The van der Waals surface area contributed by atoms with Gasteiger partial charge in [0.25, 0.3) is 0 Å². The van der Waals surface area contributed by atoms with Crippen LogP contribution in [0, 0.1) is 28.6 Å². The number of aliphatic hydroxyl groups is 3. The number of methoxy groups -OCH3 is 1. The molecule has 0 unspecified atom stereocenters. The van der Waals surface area contributed by atoms with Crippen molar-refractivity contribution in [2.45, 2.75) is 70.2 Å². The Balaban J connectivity index is 1.72. The third kappa shape index (κ3) is 2.36. The molecule has 9 nitrogen and oxygen atoms in total. The van der Waals surface area contributed by atoms with Gasteiger partial charge in [-0.25, -0.2) is 4.79 Å². The number of fused-ring (bicyclic) bond motifs is 2. The quantitative estimate of drug-likeness (QED) is 0.534. The lowest BCUT2D eigenvalue weighted by atomic mass is 9.38. The van der Waals surface area contributed by atoms with Crippen LogP contribution in [0.15, 0.2) is 11.3 Å². The molecular weight excluding hydrogens is 420 g/mol. The molecule has 9 heteroatoms. The van der Waals surface area contributed by atoms with Crippen molar-refractivity contribution in [3.8, 4) is 0 Å². The molecule has 2 heterocycles. The average Bonchev–Trinajstić information content (AvgIpc) is 3.04. The van der Waals surface area contributed by atoms with E-state index in [2.05, 4.69) is 0 Å². The highest BCUT2D eigenvalue weighted by Gasteiger charge is 2.82. The molecular formula is C23H32O9. The van der Waals surface area contributed by atoms with Crippen molar-refractivity contribution in [3.05, 3.63) is 11.3 Å². The first kappa shape index (κ1) is 22.3. The molecule has 2 aliphatic heterocycles. The van der Waals surface area contributed by atoms with E-state index in [1.807, 2.05) is 13.8 Å². The Kier molecular flexibility index (Phi) is 4.87. The summed E-state index contributed by atoms with van der Waals surface area (Å²) in [5, 5.41) is 33.3. The number of aliphatic hydroxyl groups excluding tert-OH is 3. The van der Waals surface area contributed by atoms with Crippen LogP contribution in [-0.4, -0.2) is 77.6 Å². The molecule has 10 atom stereocenters. The van der Waals surface area contributed by atoms with Gasteiger partial charge in [0.1, 0.15) is 6.10 Å². The van der Waals surface area contributed by atoms with Crippen molar-refractivity contribution in [2.24, 2.45) is 28.6 Å². The van der Waals surface area contributed by atoms with E-state index in [4.69, 9.17) is 18.9 Å². The Morgan fingerprint density at radius 2 is 2.00 bits per heavy atom. The Morgan fingerprint density at radius 3 is 2.66 bits per heavy atom. The normalized spacial score (nSPS) is 51.8. The van der Waals surface area contributed by atoms with E-state index in [1.165, 1.54) is 7.11 Å². The molecule has 32 heavy (non-hydrogen) atoms. The fourth-order valence-corrected chi connectivity index (χ4v) is 8.14. The highest BCUT2D eigenvalue weighted by Crippen LogP contribution is 2.72. The molecule has 0 aromatic carbocycles. The molecule has 0 amide bonds. The van der Waals surface area contributed by atoms with Gasteiger partial charge in [-0.3, -0.25) is 4.79 Å². The summed E-state index contributed by atoms with van der Waals surface area (Å²) < 4.78 is 23.4. The molecule has 3 N–H and O–H groups in total. The maximum Gasteiger partial charge on any atom is 0.341 e. The van der Waals surface area contributed by atoms with E-state index in [0.29, 0.717) is 25.0 Å². The summed E-state index contributed by atoms with van der Waals surface area (Å²) in [6, 6.07) is 0. The Morgan fingerprint density at radius 1 is 1.28 bits per heavy atom. The minimum atomic E-state index is -1.73. The van der Waals surface area contributed by atoms with Crippen LogP contribution < -0.4 is 0 Å². The number of allylic oxidation sites excluding steroid dienone is 2. The van der Waals surface area contributed by atoms with Crippen molar-refractivity contribution in [1.29, 1.82) is 0 Å². The second-order valence-electron chi connectivity index (χ2n) is 10.3. The van der Waals surface area contributed by atoms with Gasteiger partial charge < -0.3 is 34.3 Å². The lowest BCUT2D eigenvalue weighted by molar-refractivity contribution is -0.324. The standard InChI is InChI=1S/C23H32O9/c1-5-30-15-7-13-22-9-31-23(13,20(28)29-4)19(27)17(26)18(22)21(3)8-12(24)16(25)10(2)11(21)6-14(22)32-15/h11,13-15,17-19,25-27H,5-9H2,1-4H3/t11-,13+,14+,15-,17+,18+,19-,21-,22+,23-/m0/s1. The molecule has 5 aliphatic rings. The summed E-state index contributed by atoms with van der Waals surface area (Å²) in [5.74, 6) is -2.67. The lowest BCUT2D eigenvalue weighted by Gasteiger charge is -2.67. The van der Waals surface area contributed by atoms with Crippen LogP contribution in [0.5, 0.6) is 0 Å². The molecule has 3 aliphatic carbocycles. The van der Waals surface area contributed by atoms with Crippen LogP contribution in [0.1, 0.15) is 40.0 Å². The molecule has 178 valence electrons. The van der Waals surface area contributed by atoms with Crippen molar-refractivity contribution in [2.75, 3.05) is 20.3 Å². The highest BCUT2D eigenvalue weighted by molar-refractivity contribution is 5.95. The van der Waals surface area contributed by atoms with E-state index in [9.17, 15) is 24.9 Å². The SMILES string of the molecule is CCO[C@@H]1C[C@H]2[C@]3(C(=O)OC)OC[C@@]24[C@H]([C@@H](O)[C@@H]3O)[C@@]2(C)CC(=O)C(O)=C(C)[C@@H]2C[C@H]4O1. The van der Waals surface area contributed by atoms with Crippen molar-refractivity contribution >= 4 is 11.8 Å². The van der Waals surface area contributed by atoms with Gasteiger partial charge in [0.2, 0.25) is 0 Å². The maximum absolute atomic E-state index is 13.1. The van der Waals surface area contributed by atoms with Crippen molar-refractivity contribution in [1.82, 2.24) is 0 Å². The van der Waals surface area contributed by atoms with Gasteiger partial charge in [-0.1, -0.05) is 6.92 Å². The van der Waals surface area contributed by atoms with Crippen LogP contribution in [0.4, 0.5) is 0 Å². The van der Waals surface area contributed by atoms with Crippen molar-refractivity contribution in [3.63, 3.8) is 0 Å². The molecule has 4 fully saturated rings. The first-order chi connectivity index (χ1) is 15.1. The maximum atomic E-state index is 13.1. The summed E-state index contributed by atoms with van der Waals surface area (Å²) in [5.41, 5.74) is -2.71.